The van der Waals surface area contributed by atoms with Crippen molar-refractivity contribution >= 4 is 34.9 Å². The zero-order valence-corrected chi connectivity index (χ0v) is 14.8. The third-order valence-electron chi connectivity index (χ3n) is 3.00. The van der Waals surface area contributed by atoms with Gasteiger partial charge in [0.15, 0.2) is 0 Å². The summed E-state index contributed by atoms with van der Waals surface area (Å²) < 4.78 is 22.7. The summed E-state index contributed by atoms with van der Waals surface area (Å²) in [6.45, 7) is 1.26. The quantitative estimate of drug-likeness (QED) is 0.610. The Morgan fingerprint density at radius 2 is 1.78 bits per heavy atom. The number of carbonyl (C=O) groups is 1. The van der Waals surface area contributed by atoms with E-state index in [0.717, 1.165) is 10.8 Å². The van der Waals surface area contributed by atoms with E-state index in [1.165, 1.54) is 6.92 Å². The van der Waals surface area contributed by atoms with Gasteiger partial charge in [-0.2, -0.15) is 0 Å². The molecule has 0 saturated heterocycles. The van der Waals surface area contributed by atoms with Gasteiger partial charge in [0.1, 0.15) is 11.8 Å². The molecule has 0 saturated carbocycles. The number of esters is 1. The summed E-state index contributed by atoms with van der Waals surface area (Å²) in [5, 5.41) is 4.45. The predicted molar refractivity (Wildman–Crippen MR) is 91.9 cm³/mol. The molecule has 23 heavy (non-hydrogen) atoms. The summed E-state index contributed by atoms with van der Waals surface area (Å²) in [5.74, 6) is -0.179. The van der Waals surface area contributed by atoms with Gasteiger partial charge in [0, 0.05) is 11.2 Å². The Bertz CT molecular complexity index is 750. The lowest BCUT2D eigenvalue weighted by molar-refractivity contribution is -0.148. The maximum absolute atomic E-state index is 12.3. The van der Waals surface area contributed by atoms with E-state index in [-0.39, 0.29) is 6.10 Å². The van der Waals surface area contributed by atoms with Crippen LogP contribution in [0.5, 0.6) is 5.75 Å². The zero-order chi connectivity index (χ0) is 17.0. The van der Waals surface area contributed by atoms with Crippen LogP contribution in [0.3, 0.4) is 0 Å². The molecule has 0 aliphatic rings. The van der Waals surface area contributed by atoms with Gasteiger partial charge in [0.05, 0.1) is 6.10 Å². The van der Waals surface area contributed by atoms with Crippen molar-refractivity contribution in [1.29, 1.82) is 0 Å². The highest BCUT2D eigenvalue weighted by atomic mass is 35.7. The minimum Gasteiger partial charge on any atom is -0.462 e. The van der Waals surface area contributed by atoms with Crippen molar-refractivity contribution in [3.8, 4) is 5.75 Å². The lowest BCUT2D eigenvalue weighted by Gasteiger charge is -2.19. The number of ether oxygens (including phenoxy) is 1. The number of carbonyl (C=O) groups excluding carboxylic acids is 1. The lowest BCUT2D eigenvalue weighted by Crippen LogP contribution is -2.34. The fourth-order valence-corrected chi connectivity index (χ4v) is 3.69. The second-order valence-corrected chi connectivity index (χ2v) is 8.15. The summed E-state index contributed by atoms with van der Waals surface area (Å²) in [5.41, 5.74) is 0. The average Bonchev–Trinajstić information content (AvgIpc) is 2.45. The zero-order valence-electron chi connectivity index (χ0n) is 13.2. The molecule has 0 spiro atoms. The summed E-state index contributed by atoms with van der Waals surface area (Å²) in [4.78, 5) is 11.7. The molecular weight excluding hydrogens is 337 g/mol. The van der Waals surface area contributed by atoms with Crippen LogP contribution in [0, 0.1) is 0 Å². The first-order chi connectivity index (χ1) is 10.8. The van der Waals surface area contributed by atoms with Crippen LogP contribution in [0.2, 0.25) is 0 Å². The topological polar surface area (TPSA) is 64.6 Å². The van der Waals surface area contributed by atoms with Crippen molar-refractivity contribution in [3.63, 3.8) is 0 Å². The monoisotopic (exact) mass is 355 g/mol. The molecule has 0 aliphatic carbocycles. The number of hydrogen-bond acceptors (Lipinski definition) is 4. The highest BCUT2D eigenvalue weighted by molar-refractivity contribution is 7.84. The Hall–Kier alpha value is -1.55. The first-order valence-electron chi connectivity index (χ1n) is 7.23. The van der Waals surface area contributed by atoms with Crippen molar-refractivity contribution < 1.29 is 18.6 Å². The van der Waals surface area contributed by atoms with E-state index < -0.39 is 18.9 Å². The summed E-state index contributed by atoms with van der Waals surface area (Å²) >= 11 is 5.91. The molecule has 0 aromatic heterocycles. The molecule has 0 heterocycles. The highest BCUT2D eigenvalue weighted by Gasteiger charge is 2.28. The Labute approximate surface area is 140 Å². The maximum atomic E-state index is 12.3. The maximum Gasteiger partial charge on any atom is 0.409 e. The Morgan fingerprint density at radius 1 is 1.13 bits per heavy atom. The molecule has 0 bridgehead atoms. The van der Waals surface area contributed by atoms with Gasteiger partial charge in [-0.25, -0.2) is 9.65 Å². The van der Waals surface area contributed by atoms with Crippen LogP contribution >= 0.6 is 18.1 Å². The van der Waals surface area contributed by atoms with Gasteiger partial charge in [-0.3, -0.25) is 4.79 Å². The summed E-state index contributed by atoms with van der Waals surface area (Å²) in [6.07, 6.45) is -0.261. The molecule has 0 amide bonds. The highest BCUT2D eigenvalue weighted by Crippen LogP contribution is 2.49. The summed E-state index contributed by atoms with van der Waals surface area (Å²) in [7, 11) is 0. The van der Waals surface area contributed by atoms with Gasteiger partial charge in [-0.05, 0) is 43.7 Å². The van der Waals surface area contributed by atoms with Crippen molar-refractivity contribution in [1.82, 2.24) is 5.09 Å². The molecule has 1 N–H and O–H groups in total. The number of fused-ring (bicyclic) bond motifs is 1. The van der Waals surface area contributed by atoms with Gasteiger partial charge in [0.25, 0.3) is 0 Å². The van der Waals surface area contributed by atoms with E-state index in [1.807, 2.05) is 30.3 Å². The second-order valence-electron chi connectivity index (χ2n) is 5.42. The van der Waals surface area contributed by atoms with Crippen molar-refractivity contribution in [3.05, 3.63) is 42.5 Å². The lowest BCUT2D eigenvalue weighted by atomic mass is 10.1. The first kappa shape index (κ1) is 17.8. The summed E-state index contributed by atoms with van der Waals surface area (Å²) in [6, 6.07) is 12.1. The Kier molecular flexibility index (Phi) is 5.69. The van der Waals surface area contributed by atoms with Gasteiger partial charge in [-0.15, -0.1) is 0 Å². The normalized spacial score (nSPS) is 15.2. The molecule has 2 aromatic rings. The average molecular weight is 356 g/mol. The molecule has 2 aromatic carbocycles. The second kappa shape index (κ2) is 7.35. The largest absolute Gasteiger partial charge is 0.462 e. The van der Waals surface area contributed by atoms with E-state index in [4.69, 9.17) is 20.5 Å². The van der Waals surface area contributed by atoms with Crippen molar-refractivity contribution in [2.45, 2.75) is 32.9 Å². The smallest absolute Gasteiger partial charge is 0.409 e. The third kappa shape index (κ3) is 5.24. The molecule has 2 atom stereocenters. The van der Waals surface area contributed by atoms with E-state index in [2.05, 4.69) is 5.09 Å². The van der Waals surface area contributed by atoms with Crippen molar-refractivity contribution in [2.75, 3.05) is 0 Å². The molecule has 0 fully saturated rings. The van der Waals surface area contributed by atoms with E-state index in [9.17, 15) is 9.36 Å². The minimum absolute atomic E-state index is 0.261. The molecule has 5 nitrogen and oxygen atoms in total. The molecule has 124 valence electrons. The number of nitrogens with one attached hydrogen (secondary N) is 1. The van der Waals surface area contributed by atoms with E-state index >= 15 is 0 Å². The van der Waals surface area contributed by atoms with Crippen LogP contribution in [0.15, 0.2) is 42.5 Å². The van der Waals surface area contributed by atoms with Gasteiger partial charge >= 0.3 is 12.8 Å². The van der Waals surface area contributed by atoms with E-state index in [1.54, 1.807) is 26.0 Å². The minimum atomic E-state index is -3.72. The van der Waals surface area contributed by atoms with Crippen LogP contribution in [-0.2, 0) is 14.1 Å². The fourth-order valence-electron chi connectivity index (χ4n) is 2.00. The number of rotatable bonds is 6. The SMILES string of the molecule is CC(C)OC(=O)C(C)NP(=O)(Cl)Oc1ccc2ccccc2c1. The number of hydrogen-bond donors (Lipinski definition) is 1. The van der Waals surface area contributed by atoms with Gasteiger partial charge < -0.3 is 9.26 Å². The fraction of sp³-hybridized carbons (Fsp3) is 0.312. The predicted octanol–water partition coefficient (Wildman–Crippen LogP) is 4.50. The van der Waals surface area contributed by atoms with Crippen molar-refractivity contribution in [2.24, 2.45) is 0 Å². The molecule has 2 rings (SSSR count). The van der Waals surface area contributed by atoms with E-state index in [0.29, 0.717) is 5.75 Å². The first-order valence-corrected chi connectivity index (χ1v) is 9.76. The number of halogens is 1. The molecular formula is C16H19ClNO4P. The van der Waals surface area contributed by atoms with Crippen LogP contribution in [0.25, 0.3) is 10.8 Å². The molecule has 2 unspecified atom stereocenters. The standard InChI is InChI=1S/C16H19ClNO4P/c1-11(2)21-16(19)12(3)18-23(17,20)22-15-9-8-13-6-4-5-7-14(13)10-15/h4-12H,1-3H3,(H,18,20). The molecule has 0 radical (unpaired) electrons. The molecule has 7 heteroatoms. The third-order valence-corrected chi connectivity index (χ3v) is 4.64. The van der Waals surface area contributed by atoms with Gasteiger partial charge in [0.2, 0.25) is 0 Å². The van der Waals surface area contributed by atoms with Gasteiger partial charge in [-0.1, -0.05) is 30.3 Å². The van der Waals surface area contributed by atoms with Crippen LogP contribution in [0.4, 0.5) is 0 Å². The number of benzene rings is 2. The molecule has 0 aliphatic heterocycles. The van der Waals surface area contributed by atoms with Crippen LogP contribution in [0.1, 0.15) is 20.8 Å². The Balaban J connectivity index is 2.07. The Morgan fingerprint density at radius 3 is 2.43 bits per heavy atom. The van der Waals surface area contributed by atoms with Crippen LogP contribution in [-0.4, -0.2) is 18.1 Å². The van der Waals surface area contributed by atoms with Crippen LogP contribution < -0.4 is 9.61 Å².